The molecular formula is C70H92S2Si4. The Balaban J connectivity index is 1.78. The number of rotatable bonds is 12. The van der Waals surface area contributed by atoms with E-state index in [1.54, 1.807) is 0 Å². The molecule has 2 aromatic heterocycles. The molecule has 0 nitrogen and oxygen atoms in total. The summed E-state index contributed by atoms with van der Waals surface area (Å²) in [5.74, 6) is 17.0. The Hall–Kier alpha value is -3.83. The lowest BCUT2D eigenvalue weighted by Crippen LogP contribution is -2.43. The second-order valence-electron chi connectivity index (χ2n) is 27.0. The van der Waals surface area contributed by atoms with Gasteiger partial charge in [0.05, 0.1) is 20.5 Å². The van der Waals surface area contributed by atoms with Gasteiger partial charge < -0.3 is 0 Å². The van der Waals surface area contributed by atoms with Gasteiger partial charge in [-0.15, -0.1) is 44.8 Å². The molecule has 0 spiro atoms. The maximum absolute atomic E-state index is 4.35. The molecule has 8 aromatic rings. The van der Waals surface area contributed by atoms with Crippen LogP contribution in [0.25, 0.3) is 74.0 Å². The minimum absolute atomic E-state index is 0.499. The summed E-state index contributed by atoms with van der Waals surface area (Å²) in [4.78, 5) is 0. The van der Waals surface area contributed by atoms with Gasteiger partial charge in [0.15, 0.2) is 0 Å². The standard InChI is InChI=1S/C70H92S2Si4/c1-41(2)73(42(3)4,43(5)6)37-31-57-53-25-27-56-60-30-36-72-70(60)62(34-40-76(50(19)20,51(21)22)52(23)24)64-58(32-38-74(44(7)8,45(9)10)46(11)12)54-26-28-55-59-29-35-71-69(59)61(63(57)65(55)68(54)67(53)66(56)64)33-39-75(47(13)14,48(15)16)49(17)18/h25-30,35-36,41-52H,1-24H3. The van der Waals surface area contributed by atoms with Gasteiger partial charge in [-0.1, -0.05) is 214 Å². The zero-order valence-corrected chi connectivity index (χ0v) is 57.0. The molecule has 0 radical (unpaired) electrons. The molecule has 0 amide bonds. The highest BCUT2D eigenvalue weighted by atomic mass is 32.1. The van der Waals surface area contributed by atoms with E-state index in [0.717, 1.165) is 0 Å². The van der Waals surface area contributed by atoms with Gasteiger partial charge in [0.25, 0.3) is 0 Å². The van der Waals surface area contributed by atoms with E-state index in [4.69, 9.17) is 0 Å². The quantitative estimate of drug-likeness (QED) is 0.0495. The highest BCUT2D eigenvalue weighted by molar-refractivity contribution is 7.18. The van der Waals surface area contributed by atoms with Crippen LogP contribution in [-0.4, -0.2) is 32.3 Å². The summed E-state index contributed by atoms with van der Waals surface area (Å²) in [5, 5.41) is 20.2. The summed E-state index contributed by atoms with van der Waals surface area (Å²) in [5.41, 5.74) is 28.1. The van der Waals surface area contributed by atoms with Crippen molar-refractivity contribution in [2.45, 2.75) is 233 Å². The molecule has 400 valence electrons. The molecule has 0 N–H and O–H groups in total. The maximum atomic E-state index is 4.35. The van der Waals surface area contributed by atoms with Gasteiger partial charge in [-0.25, -0.2) is 0 Å². The third-order valence-corrected chi connectivity index (χ3v) is 47.2. The largest absolute Gasteiger partial charge is 0.146 e. The average molecular weight is 1110 g/mol. The Morgan fingerprint density at radius 3 is 0.697 bits per heavy atom. The molecule has 0 atom stereocenters. The molecule has 76 heavy (non-hydrogen) atoms. The van der Waals surface area contributed by atoms with Crippen molar-refractivity contribution in [3.05, 3.63) is 69.4 Å². The minimum atomic E-state index is -2.21. The smallest absolute Gasteiger partial charge is 0.142 e. The lowest BCUT2D eigenvalue weighted by atomic mass is 9.79. The van der Waals surface area contributed by atoms with Crippen LogP contribution in [0.1, 0.15) is 188 Å². The van der Waals surface area contributed by atoms with Crippen molar-refractivity contribution in [3.63, 3.8) is 0 Å². The Morgan fingerprint density at radius 2 is 0.461 bits per heavy atom. The normalized spacial score (nSPS) is 13.5. The van der Waals surface area contributed by atoms with Crippen LogP contribution in [0.2, 0.25) is 66.5 Å². The fraction of sp³-hybridized carbons (Fsp3) is 0.514. The Bertz CT molecular complexity index is 3410. The fourth-order valence-electron chi connectivity index (χ4n) is 16.7. The summed E-state index contributed by atoms with van der Waals surface area (Å²) in [6.45, 7) is 58.9. The summed E-state index contributed by atoms with van der Waals surface area (Å²) in [6, 6.07) is 14.7. The lowest BCUT2D eigenvalue weighted by Gasteiger charge is -2.38. The Kier molecular flexibility index (Phi) is 16.4. The van der Waals surface area contributed by atoms with Crippen molar-refractivity contribution in [1.82, 2.24) is 0 Å². The number of thiophene rings is 2. The van der Waals surface area contributed by atoms with E-state index < -0.39 is 32.3 Å². The third-order valence-electron chi connectivity index (χ3n) is 20.1. The maximum Gasteiger partial charge on any atom is 0.146 e. The molecule has 0 aliphatic carbocycles. The molecular weight excluding hydrogens is 1020 g/mol. The lowest BCUT2D eigenvalue weighted by molar-refractivity contribution is 0.838. The molecule has 0 saturated carbocycles. The molecule has 6 heteroatoms. The predicted molar refractivity (Wildman–Crippen MR) is 359 cm³/mol. The SMILES string of the molecule is CC(C)[Si](C#Cc1c2ccc3c4ccsc4c(C#C[Si](C(C)C)(C(C)C)C(C)C)c4c(C#C[Si](C(C)C)(C(C)C)C(C)C)c5ccc6c7ccsc7c(C#C[Si](C(C)C)(C(C)C)C(C)C)c1c6c5c2c43)(C(C)C)C(C)C. The van der Waals surface area contributed by atoms with Gasteiger partial charge in [0, 0.05) is 54.2 Å². The van der Waals surface area contributed by atoms with Gasteiger partial charge in [-0.2, -0.15) is 0 Å². The second-order valence-corrected chi connectivity index (χ2v) is 51.1. The van der Waals surface area contributed by atoms with Crippen LogP contribution in [-0.2, 0) is 0 Å². The molecule has 8 rings (SSSR count). The Morgan fingerprint density at radius 1 is 0.250 bits per heavy atom. The number of fused-ring (bicyclic) bond motifs is 4. The van der Waals surface area contributed by atoms with Crippen molar-refractivity contribution < 1.29 is 0 Å². The van der Waals surface area contributed by atoms with E-state index in [2.05, 4.69) is 259 Å². The molecule has 0 fully saturated rings. The van der Waals surface area contributed by atoms with Crippen LogP contribution in [0.3, 0.4) is 0 Å². The topological polar surface area (TPSA) is 0 Å². The first kappa shape index (κ1) is 58.3. The van der Waals surface area contributed by atoms with Crippen LogP contribution < -0.4 is 0 Å². The molecule has 0 aliphatic rings. The van der Waals surface area contributed by atoms with Gasteiger partial charge in [-0.3, -0.25) is 0 Å². The first-order chi connectivity index (χ1) is 35.6. The first-order valence-electron chi connectivity index (χ1n) is 29.5. The molecule has 0 aliphatic heterocycles. The zero-order valence-electron chi connectivity index (χ0n) is 51.4. The van der Waals surface area contributed by atoms with Gasteiger partial charge >= 0.3 is 0 Å². The molecule has 0 saturated heterocycles. The van der Waals surface area contributed by atoms with Crippen molar-refractivity contribution in [3.8, 4) is 45.9 Å². The molecule has 0 unspecified atom stereocenters. The second kappa shape index (κ2) is 21.3. The van der Waals surface area contributed by atoms with E-state index >= 15 is 0 Å². The number of hydrogen-bond donors (Lipinski definition) is 0. The van der Waals surface area contributed by atoms with Crippen molar-refractivity contribution >= 4 is 129 Å². The zero-order chi connectivity index (χ0) is 56.0. The highest BCUT2D eigenvalue weighted by Gasteiger charge is 2.45. The van der Waals surface area contributed by atoms with E-state index in [0.29, 0.717) is 66.5 Å². The van der Waals surface area contributed by atoms with Gasteiger partial charge in [0.1, 0.15) is 32.3 Å². The Labute approximate surface area is 473 Å². The van der Waals surface area contributed by atoms with Crippen LogP contribution >= 0.6 is 22.7 Å². The minimum Gasteiger partial charge on any atom is -0.142 e. The molecule has 6 aromatic carbocycles. The van der Waals surface area contributed by atoms with Crippen molar-refractivity contribution in [2.75, 3.05) is 0 Å². The fourth-order valence-corrected chi connectivity index (χ4v) is 39.4. The monoisotopic (exact) mass is 1110 g/mol. The van der Waals surface area contributed by atoms with Gasteiger partial charge in [0.2, 0.25) is 0 Å². The number of benzene rings is 6. The van der Waals surface area contributed by atoms with Crippen LogP contribution in [0.4, 0.5) is 0 Å². The van der Waals surface area contributed by atoms with Crippen molar-refractivity contribution in [1.29, 1.82) is 0 Å². The number of hydrogen-bond acceptors (Lipinski definition) is 2. The van der Waals surface area contributed by atoms with Crippen LogP contribution in [0.15, 0.2) is 47.2 Å². The van der Waals surface area contributed by atoms with E-state index in [9.17, 15) is 0 Å². The first-order valence-corrected chi connectivity index (χ1v) is 40.2. The van der Waals surface area contributed by atoms with E-state index in [1.807, 2.05) is 22.7 Å². The van der Waals surface area contributed by atoms with Crippen molar-refractivity contribution in [2.24, 2.45) is 0 Å². The highest BCUT2D eigenvalue weighted by Crippen LogP contribution is 2.54. The van der Waals surface area contributed by atoms with E-state index in [-0.39, 0.29) is 0 Å². The van der Waals surface area contributed by atoms with E-state index in [1.165, 1.54) is 96.3 Å². The summed E-state index contributed by atoms with van der Waals surface area (Å²) >= 11 is 3.74. The molecule has 0 bridgehead atoms. The molecule has 2 heterocycles. The summed E-state index contributed by atoms with van der Waals surface area (Å²) < 4.78 is 2.59. The third kappa shape index (κ3) is 8.55. The summed E-state index contributed by atoms with van der Waals surface area (Å²) in [6.07, 6.45) is 0. The predicted octanol–water partition coefficient (Wildman–Crippen LogP) is 23.0. The van der Waals surface area contributed by atoms with Crippen LogP contribution in [0.5, 0.6) is 0 Å². The van der Waals surface area contributed by atoms with Gasteiger partial charge in [-0.05, 0) is 111 Å². The summed E-state index contributed by atoms with van der Waals surface area (Å²) in [7, 11) is -8.75. The van der Waals surface area contributed by atoms with Crippen LogP contribution in [0, 0.1) is 45.9 Å². The average Bonchev–Trinajstić information content (AvgIpc) is 4.18.